The summed E-state index contributed by atoms with van der Waals surface area (Å²) in [6.45, 7) is 2.94. The number of pyridine rings is 1. The Morgan fingerprint density at radius 1 is 1.05 bits per heavy atom. The van der Waals surface area contributed by atoms with Crippen molar-refractivity contribution in [3.63, 3.8) is 0 Å². The van der Waals surface area contributed by atoms with Crippen LogP contribution in [0.5, 0.6) is 0 Å². The molecule has 2 aliphatic heterocycles. The minimum Gasteiger partial charge on any atom is -0.382 e. The second kappa shape index (κ2) is 7.93. The lowest BCUT2D eigenvalue weighted by Crippen LogP contribution is -2.71. The summed E-state index contributed by atoms with van der Waals surface area (Å²) in [4.78, 5) is 24.4. The Hall–Kier alpha value is -2.74. The molecule has 0 unspecified atom stereocenters. The smallest absolute Gasteiger partial charge is 0.382 e. The molecule has 3 aliphatic carbocycles. The number of aromatic nitrogens is 4. The molecule has 2 N–H and O–H groups in total. The van der Waals surface area contributed by atoms with E-state index in [0.29, 0.717) is 55.7 Å². The Morgan fingerprint density at radius 3 is 2.21 bits per heavy atom. The van der Waals surface area contributed by atoms with Gasteiger partial charge in [-0.25, -0.2) is 18.2 Å². The SMILES string of the molecule is O=C(N1CC2(CC(Cc3ccc(S(=O)(=O)C(F)(F)F)cn3)C2)C1)N1CC2(CC(c3nc(C4(O)CC4)n[nH]3)C2)C1. The molecular weight excluding hydrogens is 537 g/mol. The van der Waals surface area contributed by atoms with E-state index in [1.807, 2.05) is 9.80 Å². The quantitative estimate of drug-likeness (QED) is 0.569. The maximum absolute atomic E-state index is 12.9. The summed E-state index contributed by atoms with van der Waals surface area (Å²) in [5.74, 6) is 1.95. The van der Waals surface area contributed by atoms with E-state index in [1.54, 1.807) is 0 Å². The van der Waals surface area contributed by atoms with Gasteiger partial charge in [0.15, 0.2) is 5.82 Å². The second-order valence-electron chi connectivity index (χ2n) is 12.6. The zero-order valence-electron chi connectivity index (χ0n) is 21.1. The summed E-state index contributed by atoms with van der Waals surface area (Å²) < 4.78 is 61.1. The van der Waals surface area contributed by atoms with Crippen LogP contribution in [0.1, 0.15) is 61.8 Å². The van der Waals surface area contributed by atoms with E-state index in [0.717, 1.165) is 56.9 Å². The first-order valence-corrected chi connectivity index (χ1v) is 14.7. The molecule has 7 rings (SSSR count). The molecule has 4 heterocycles. The van der Waals surface area contributed by atoms with Crippen molar-refractivity contribution < 1.29 is 31.5 Å². The average molecular weight is 567 g/mol. The fourth-order valence-electron chi connectivity index (χ4n) is 7.13. The number of aromatic amines is 1. The van der Waals surface area contributed by atoms with Gasteiger partial charge in [0, 0.05) is 54.8 Å². The van der Waals surface area contributed by atoms with Gasteiger partial charge in [0.25, 0.3) is 9.84 Å². The largest absolute Gasteiger partial charge is 0.501 e. The number of carbonyl (C=O) groups is 1. The summed E-state index contributed by atoms with van der Waals surface area (Å²) in [6, 6.07) is 2.40. The van der Waals surface area contributed by atoms with Crippen molar-refractivity contribution in [2.45, 2.75) is 66.9 Å². The summed E-state index contributed by atoms with van der Waals surface area (Å²) in [6.07, 6.45) is 6.54. The topological polar surface area (TPSA) is 132 Å². The third-order valence-electron chi connectivity index (χ3n) is 9.39. The molecule has 10 nitrogen and oxygen atoms in total. The van der Waals surface area contributed by atoms with E-state index in [2.05, 4.69) is 20.2 Å². The molecule has 0 radical (unpaired) electrons. The van der Waals surface area contributed by atoms with Crippen LogP contribution in [0.15, 0.2) is 23.2 Å². The number of carbonyl (C=O) groups excluding carboxylic acids is 1. The van der Waals surface area contributed by atoms with Crippen LogP contribution in [-0.4, -0.2) is 81.2 Å². The van der Waals surface area contributed by atoms with E-state index >= 15 is 0 Å². The lowest BCUT2D eigenvalue weighted by atomic mass is 9.56. The summed E-state index contributed by atoms with van der Waals surface area (Å²) in [7, 11) is -5.39. The number of nitrogens with one attached hydrogen (secondary N) is 1. The fourth-order valence-corrected chi connectivity index (χ4v) is 7.84. The van der Waals surface area contributed by atoms with E-state index in [1.165, 1.54) is 6.07 Å². The highest BCUT2D eigenvalue weighted by Crippen LogP contribution is 2.57. The number of nitrogens with zero attached hydrogens (tertiary/aromatic N) is 5. The maximum Gasteiger partial charge on any atom is 0.501 e. The number of halogens is 3. The minimum absolute atomic E-state index is 0.0826. The van der Waals surface area contributed by atoms with Gasteiger partial charge in [-0.1, -0.05) is 0 Å². The van der Waals surface area contributed by atoms with Gasteiger partial charge < -0.3 is 14.9 Å². The molecule has 0 atom stereocenters. The third kappa shape index (κ3) is 4.04. The molecule has 0 aromatic carbocycles. The number of H-pyrrole nitrogens is 1. The number of likely N-dealkylation sites (tertiary alicyclic amines) is 2. The van der Waals surface area contributed by atoms with Gasteiger partial charge in [-0.3, -0.25) is 10.1 Å². The number of urea groups is 1. The van der Waals surface area contributed by atoms with Crippen LogP contribution < -0.4 is 0 Å². The maximum atomic E-state index is 12.9. The van der Waals surface area contributed by atoms with Crippen LogP contribution in [-0.2, 0) is 21.9 Å². The van der Waals surface area contributed by atoms with Crippen molar-refractivity contribution in [1.82, 2.24) is 30.0 Å². The number of alkyl halides is 3. The highest BCUT2D eigenvalue weighted by atomic mass is 32.2. The van der Waals surface area contributed by atoms with Crippen molar-refractivity contribution in [1.29, 1.82) is 0 Å². The van der Waals surface area contributed by atoms with E-state index in [4.69, 9.17) is 0 Å². The summed E-state index contributed by atoms with van der Waals surface area (Å²) >= 11 is 0. The van der Waals surface area contributed by atoms with Gasteiger partial charge in [-0.2, -0.15) is 18.3 Å². The molecule has 2 saturated heterocycles. The van der Waals surface area contributed by atoms with Crippen molar-refractivity contribution in [2.24, 2.45) is 16.7 Å². The highest BCUT2D eigenvalue weighted by Gasteiger charge is 2.59. The van der Waals surface area contributed by atoms with Crippen LogP contribution in [0.3, 0.4) is 0 Å². The highest BCUT2D eigenvalue weighted by molar-refractivity contribution is 7.92. The van der Waals surface area contributed by atoms with Crippen molar-refractivity contribution >= 4 is 15.9 Å². The fraction of sp³-hybridized carbons (Fsp3) is 0.680. The van der Waals surface area contributed by atoms with Crippen LogP contribution in [0.2, 0.25) is 0 Å². The molecule has 2 amide bonds. The molecule has 3 saturated carbocycles. The number of hydrogen-bond donors (Lipinski definition) is 2. The van der Waals surface area contributed by atoms with Crippen LogP contribution in [0.25, 0.3) is 0 Å². The normalized spacial score (nSPS) is 25.1. The first-order chi connectivity index (χ1) is 18.3. The Balaban J connectivity index is 0.842. The molecule has 210 valence electrons. The van der Waals surface area contributed by atoms with Gasteiger partial charge in [-0.15, -0.1) is 0 Å². The number of aliphatic hydroxyl groups is 1. The van der Waals surface area contributed by atoms with E-state index in [-0.39, 0.29) is 16.9 Å². The molecule has 2 aromatic heterocycles. The van der Waals surface area contributed by atoms with Crippen molar-refractivity contribution in [2.75, 3.05) is 26.2 Å². The Kier molecular flexibility index (Phi) is 5.13. The Bertz CT molecular complexity index is 1410. The van der Waals surface area contributed by atoms with Crippen molar-refractivity contribution in [3.05, 3.63) is 35.7 Å². The number of rotatable bonds is 5. The van der Waals surface area contributed by atoms with Gasteiger partial charge in [0.1, 0.15) is 11.4 Å². The molecule has 2 aromatic rings. The lowest BCUT2D eigenvalue weighted by molar-refractivity contribution is -0.100. The van der Waals surface area contributed by atoms with Crippen LogP contribution >= 0.6 is 0 Å². The van der Waals surface area contributed by atoms with Gasteiger partial charge >= 0.3 is 11.5 Å². The Labute approximate surface area is 222 Å². The standard InChI is InChI=1S/C25H29F3N6O4S/c26-25(27,28)39(37,38)18-2-1-17(29-10-18)5-15-6-22(7-15)11-33(12-22)21(35)34-13-23(14-34)8-16(9-23)19-30-20(32-31-19)24(36)3-4-24/h1-2,10,15-16,36H,3-9,11-14H2,(H,30,31,32). The number of hydrogen-bond acceptors (Lipinski definition) is 7. The summed E-state index contributed by atoms with van der Waals surface area (Å²) in [5, 5.41) is 17.3. The third-order valence-corrected chi connectivity index (χ3v) is 10.9. The van der Waals surface area contributed by atoms with Gasteiger partial charge in [0.05, 0.1) is 4.90 Å². The molecule has 5 fully saturated rings. The summed E-state index contributed by atoms with van der Waals surface area (Å²) in [5.41, 5.74) is -5.34. The number of sulfone groups is 1. The number of amides is 2. The molecule has 14 heteroatoms. The lowest BCUT2D eigenvalue weighted by Gasteiger charge is -2.63. The molecule has 0 bridgehead atoms. The average Bonchev–Trinajstić information content (AvgIpc) is 3.32. The minimum atomic E-state index is -5.39. The predicted octanol–water partition coefficient (Wildman–Crippen LogP) is 2.73. The first-order valence-electron chi connectivity index (χ1n) is 13.2. The zero-order chi connectivity index (χ0) is 27.4. The predicted molar refractivity (Wildman–Crippen MR) is 129 cm³/mol. The second-order valence-corrected chi connectivity index (χ2v) is 14.5. The molecule has 2 spiro atoms. The van der Waals surface area contributed by atoms with Crippen molar-refractivity contribution in [3.8, 4) is 0 Å². The molecule has 5 aliphatic rings. The van der Waals surface area contributed by atoms with Gasteiger partial charge in [-0.05, 0) is 63.0 Å². The monoisotopic (exact) mass is 566 g/mol. The molecular formula is C25H29F3N6O4S. The van der Waals surface area contributed by atoms with E-state index in [9.17, 15) is 31.5 Å². The zero-order valence-corrected chi connectivity index (χ0v) is 21.9. The first kappa shape index (κ1) is 25.2. The van der Waals surface area contributed by atoms with Crippen LogP contribution in [0.4, 0.5) is 18.0 Å². The molecule has 39 heavy (non-hydrogen) atoms. The van der Waals surface area contributed by atoms with Gasteiger partial charge in [0.2, 0.25) is 0 Å². The Morgan fingerprint density at radius 2 is 1.67 bits per heavy atom. The van der Waals surface area contributed by atoms with Crippen LogP contribution in [0, 0.1) is 16.7 Å². The van der Waals surface area contributed by atoms with E-state index < -0.39 is 25.8 Å².